The fraction of sp³-hybridized carbons (Fsp3) is 0.938. The van der Waals surface area contributed by atoms with Gasteiger partial charge in [-0.15, -0.1) is 0 Å². The zero-order valence-electron chi connectivity index (χ0n) is 14.4. The minimum Gasteiger partial charge on any atom is -0.389 e. The second-order valence-electron chi connectivity index (χ2n) is 7.55. The van der Waals surface area contributed by atoms with Crippen molar-refractivity contribution in [2.24, 2.45) is 0 Å². The SMILES string of the molecule is CC(C)(O)CNC(=O)C1CCCN1C1CCN(CC(F)(F)F)CC1. The molecule has 0 aromatic rings. The summed E-state index contributed by atoms with van der Waals surface area (Å²) < 4.78 is 37.4. The lowest BCUT2D eigenvalue weighted by molar-refractivity contribution is -0.149. The second kappa shape index (κ2) is 7.58. The van der Waals surface area contributed by atoms with Crippen molar-refractivity contribution in [2.75, 3.05) is 32.7 Å². The quantitative estimate of drug-likeness (QED) is 0.785. The van der Waals surface area contributed by atoms with Gasteiger partial charge >= 0.3 is 6.18 Å². The molecule has 0 aromatic heterocycles. The van der Waals surface area contributed by atoms with Crippen molar-refractivity contribution in [1.29, 1.82) is 0 Å². The number of carbonyl (C=O) groups excluding carboxylic acids is 1. The van der Waals surface area contributed by atoms with E-state index in [9.17, 15) is 23.1 Å². The molecular formula is C16H28F3N3O2. The Hall–Kier alpha value is -0.860. The molecule has 1 atom stereocenters. The lowest BCUT2D eigenvalue weighted by atomic mass is 10.0. The predicted molar refractivity (Wildman–Crippen MR) is 84.6 cm³/mol. The van der Waals surface area contributed by atoms with Crippen molar-refractivity contribution < 1.29 is 23.1 Å². The highest BCUT2D eigenvalue weighted by atomic mass is 19.4. The predicted octanol–water partition coefficient (Wildman–Crippen LogP) is 1.36. The molecule has 2 N–H and O–H groups in total. The Morgan fingerprint density at radius 1 is 1.17 bits per heavy atom. The third-order valence-corrected chi connectivity index (χ3v) is 4.72. The Morgan fingerprint density at radius 3 is 2.33 bits per heavy atom. The van der Waals surface area contributed by atoms with E-state index in [4.69, 9.17) is 0 Å². The van der Waals surface area contributed by atoms with Gasteiger partial charge in [0.05, 0.1) is 18.2 Å². The maximum Gasteiger partial charge on any atom is 0.401 e. The van der Waals surface area contributed by atoms with E-state index < -0.39 is 18.3 Å². The van der Waals surface area contributed by atoms with Crippen molar-refractivity contribution in [2.45, 2.75) is 63.4 Å². The number of piperidine rings is 1. The van der Waals surface area contributed by atoms with E-state index in [0.717, 1.165) is 19.4 Å². The normalized spacial score (nSPS) is 25.2. The standard InChI is InChI=1S/C16H28F3N3O2/c1-15(2,24)10-20-14(23)13-4-3-7-22(13)12-5-8-21(9-6-12)11-16(17,18)19/h12-13,24H,3-11H2,1-2H3,(H,20,23). The van der Waals surface area contributed by atoms with Crippen molar-refractivity contribution in [3.05, 3.63) is 0 Å². The van der Waals surface area contributed by atoms with Gasteiger partial charge in [-0.2, -0.15) is 13.2 Å². The van der Waals surface area contributed by atoms with Crippen LogP contribution >= 0.6 is 0 Å². The molecule has 2 fully saturated rings. The molecule has 5 nitrogen and oxygen atoms in total. The third kappa shape index (κ3) is 5.89. The summed E-state index contributed by atoms with van der Waals surface area (Å²) in [6.07, 6.45) is -1.15. The molecule has 2 rings (SSSR count). The van der Waals surface area contributed by atoms with Gasteiger partial charge in [-0.05, 0) is 59.2 Å². The molecule has 8 heteroatoms. The van der Waals surface area contributed by atoms with Crippen LogP contribution in [-0.2, 0) is 4.79 Å². The molecule has 1 unspecified atom stereocenters. The average molecular weight is 351 g/mol. The summed E-state index contributed by atoms with van der Waals surface area (Å²) in [5.41, 5.74) is -0.956. The molecule has 0 aromatic carbocycles. The number of alkyl halides is 3. The van der Waals surface area contributed by atoms with Gasteiger partial charge in [0.2, 0.25) is 5.91 Å². The lowest BCUT2D eigenvalue weighted by Crippen LogP contribution is -2.53. The number of carbonyl (C=O) groups is 1. The topological polar surface area (TPSA) is 55.8 Å². The maximum absolute atomic E-state index is 12.5. The van der Waals surface area contributed by atoms with Gasteiger partial charge in [-0.3, -0.25) is 14.6 Å². The monoisotopic (exact) mass is 351 g/mol. The molecule has 1 amide bonds. The summed E-state index contributed by atoms with van der Waals surface area (Å²) in [4.78, 5) is 16.0. The lowest BCUT2D eigenvalue weighted by Gasteiger charge is -2.39. The van der Waals surface area contributed by atoms with E-state index in [-0.39, 0.29) is 24.5 Å². The maximum atomic E-state index is 12.5. The number of amides is 1. The molecule has 0 bridgehead atoms. The highest BCUT2D eigenvalue weighted by molar-refractivity contribution is 5.82. The summed E-state index contributed by atoms with van der Waals surface area (Å²) in [6, 6.07) is -0.0682. The molecule has 140 valence electrons. The smallest absolute Gasteiger partial charge is 0.389 e. The zero-order valence-corrected chi connectivity index (χ0v) is 14.4. The van der Waals surface area contributed by atoms with Crippen LogP contribution in [0.2, 0.25) is 0 Å². The van der Waals surface area contributed by atoms with Gasteiger partial charge in [-0.1, -0.05) is 0 Å². The number of nitrogens with one attached hydrogen (secondary N) is 1. The molecule has 0 saturated carbocycles. The fourth-order valence-electron chi connectivity index (χ4n) is 3.59. The van der Waals surface area contributed by atoms with Crippen LogP contribution in [0.15, 0.2) is 0 Å². The van der Waals surface area contributed by atoms with Gasteiger partial charge in [0, 0.05) is 12.6 Å². The first-order valence-corrected chi connectivity index (χ1v) is 8.60. The fourth-order valence-corrected chi connectivity index (χ4v) is 3.59. The third-order valence-electron chi connectivity index (χ3n) is 4.72. The van der Waals surface area contributed by atoms with Gasteiger partial charge in [0.15, 0.2) is 0 Å². The van der Waals surface area contributed by atoms with E-state index in [2.05, 4.69) is 10.2 Å². The average Bonchev–Trinajstić information content (AvgIpc) is 2.92. The van der Waals surface area contributed by atoms with Crippen LogP contribution in [0.4, 0.5) is 13.2 Å². The molecule has 0 radical (unpaired) electrons. The minimum atomic E-state index is -4.15. The number of halogens is 3. The Morgan fingerprint density at radius 2 is 1.79 bits per heavy atom. The molecule has 24 heavy (non-hydrogen) atoms. The molecule has 2 heterocycles. The number of hydrogen-bond donors (Lipinski definition) is 2. The number of nitrogens with zero attached hydrogens (tertiary/aromatic N) is 2. The Balaban J connectivity index is 1.84. The summed E-state index contributed by atoms with van der Waals surface area (Å²) >= 11 is 0. The molecule has 0 spiro atoms. The molecule has 2 aliphatic rings. The zero-order chi connectivity index (χ0) is 18.0. The van der Waals surface area contributed by atoms with Crippen molar-refractivity contribution in [3.63, 3.8) is 0 Å². The van der Waals surface area contributed by atoms with Gasteiger partial charge in [-0.25, -0.2) is 0 Å². The highest BCUT2D eigenvalue weighted by Crippen LogP contribution is 2.27. The molecule has 0 aliphatic carbocycles. The number of likely N-dealkylation sites (tertiary alicyclic amines) is 2. The first-order chi connectivity index (χ1) is 11.1. The van der Waals surface area contributed by atoms with Crippen LogP contribution in [0.1, 0.15) is 39.5 Å². The van der Waals surface area contributed by atoms with E-state index in [1.54, 1.807) is 13.8 Å². The van der Waals surface area contributed by atoms with E-state index in [1.807, 2.05) is 0 Å². The van der Waals surface area contributed by atoms with Crippen molar-refractivity contribution in [1.82, 2.24) is 15.1 Å². The van der Waals surface area contributed by atoms with E-state index in [1.165, 1.54) is 4.90 Å². The second-order valence-corrected chi connectivity index (χ2v) is 7.55. The Kier molecular flexibility index (Phi) is 6.14. The van der Waals surface area contributed by atoms with E-state index in [0.29, 0.717) is 25.9 Å². The Bertz CT molecular complexity index is 429. The van der Waals surface area contributed by atoms with Gasteiger partial charge in [0.1, 0.15) is 0 Å². The number of rotatable bonds is 5. The van der Waals surface area contributed by atoms with Crippen LogP contribution in [0.5, 0.6) is 0 Å². The minimum absolute atomic E-state index is 0.0904. The summed E-state index contributed by atoms with van der Waals surface area (Å²) in [7, 11) is 0. The first-order valence-electron chi connectivity index (χ1n) is 8.60. The molecular weight excluding hydrogens is 323 g/mol. The van der Waals surface area contributed by atoms with Crippen molar-refractivity contribution >= 4 is 5.91 Å². The highest BCUT2D eigenvalue weighted by Gasteiger charge is 2.38. The first kappa shape index (κ1) is 19.5. The van der Waals surface area contributed by atoms with Crippen LogP contribution in [0, 0.1) is 0 Å². The summed E-state index contributed by atoms with van der Waals surface area (Å²) in [5, 5.41) is 12.5. The summed E-state index contributed by atoms with van der Waals surface area (Å²) in [6.45, 7) is 4.25. The van der Waals surface area contributed by atoms with Crippen LogP contribution < -0.4 is 5.32 Å². The van der Waals surface area contributed by atoms with Gasteiger partial charge < -0.3 is 10.4 Å². The van der Waals surface area contributed by atoms with Crippen LogP contribution in [0.25, 0.3) is 0 Å². The Labute approximate surface area is 141 Å². The van der Waals surface area contributed by atoms with Crippen LogP contribution in [0.3, 0.4) is 0 Å². The van der Waals surface area contributed by atoms with Gasteiger partial charge in [0.25, 0.3) is 0 Å². The van der Waals surface area contributed by atoms with Crippen LogP contribution in [-0.4, -0.2) is 77.4 Å². The molecule has 2 saturated heterocycles. The van der Waals surface area contributed by atoms with Crippen molar-refractivity contribution in [3.8, 4) is 0 Å². The summed E-state index contributed by atoms with van der Waals surface area (Å²) in [5.74, 6) is -0.0904. The number of aliphatic hydroxyl groups is 1. The van der Waals surface area contributed by atoms with E-state index >= 15 is 0 Å². The largest absolute Gasteiger partial charge is 0.401 e. The number of hydrogen-bond acceptors (Lipinski definition) is 4. The molecule has 2 aliphatic heterocycles.